The molecule has 1 N–H and O–H groups in total. The van der Waals surface area contributed by atoms with Gasteiger partial charge in [-0.25, -0.2) is 4.57 Å². The number of aromatic hydroxyl groups is 1. The summed E-state index contributed by atoms with van der Waals surface area (Å²) < 4.78 is 46.8. The van der Waals surface area contributed by atoms with Crippen molar-refractivity contribution in [3.05, 3.63) is 94.3 Å². The second kappa shape index (κ2) is 8.22. The Bertz CT molecular complexity index is 1390. The maximum Gasteiger partial charge on any atom is 0.418 e. The Morgan fingerprint density at radius 1 is 0.938 bits per heavy atom. The van der Waals surface area contributed by atoms with Crippen molar-refractivity contribution < 1.29 is 23.0 Å². The molecule has 0 radical (unpaired) electrons. The number of aliphatic imine (C=N–C) groups is 1. The van der Waals surface area contributed by atoms with E-state index in [1.807, 2.05) is 0 Å². The highest BCUT2D eigenvalue weighted by Gasteiger charge is 2.34. The van der Waals surface area contributed by atoms with Crippen LogP contribution < -0.4 is 10.3 Å². The standard InChI is InChI=1S/C24H17F3N2O3/c1-32-21-13-7-5-11-19(21)28-14-17-15-8-2-3-9-16(15)22(30)29(23(17)31)20-12-6-4-10-18(20)24(25,26)27/h2-14,31H,1H3. The van der Waals surface area contributed by atoms with Gasteiger partial charge in [-0.2, -0.15) is 13.2 Å². The maximum absolute atomic E-state index is 13.6. The third-order valence-corrected chi connectivity index (χ3v) is 4.97. The summed E-state index contributed by atoms with van der Waals surface area (Å²) in [7, 11) is 1.48. The number of ether oxygens (including phenoxy) is 1. The van der Waals surface area contributed by atoms with Crippen LogP contribution in [0.25, 0.3) is 16.5 Å². The zero-order chi connectivity index (χ0) is 22.9. The van der Waals surface area contributed by atoms with Crippen LogP contribution >= 0.6 is 0 Å². The Morgan fingerprint density at radius 3 is 2.28 bits per heavy atom. The lowest BCUT2D eigenvalue weighted by atomic mass is 10.1. The Morgan fingerprint density at radius 2 is 1.56 bits per heavy atom. The first kappa shape index (κ1) is 21.2. The number of rotatable bonds is 4. The number of aromatic nitrogens is 1. The Kier molecular flexibility index (Phi) is 5.44. The first-order valence-corrected chi connectivity index (χ1v) is 9.53. The number of alkyl halides is 3. The smallest absolute Gasteiger partial charge is 0.418 e. The monoisotopic (exact) mass is 438 g/mol. The van der Waals surface area contributed by atoms with Crippen LogP contribution in [0.1, 0.15) is 11.1 Å². The number of nitrogens with zero attached hydrogens (tertiary/aromatic N) is 2. The van der Waals surface area contributed by atoms with E-state index >= 15 is 0 Å². The molecule has 0 bridgehead atoms. The van der Waals surface area contributed by atoms with Crippen LogP contribution in [0.5, 0.6) is 11.6 Å². The fourth-order valence-electron chi connectivity index (χ4n) is 3.49. The molecule has 0 unspecified atom stereocenters. The predicted molar refractivity (Wildman–Crippen MR) is 116 cm³/mol. The maximum atomic E-state index is 13.6. The zero-order valence-corrected chi connectivity index (χ0v) is 16.8. The Labute approximate surface area is 180 Å². The summed E-state index contributed by atoms with van der Waals surface area (Å²) in [5.74, 6) is -0.174. The van der Waals surface area contributed by atoms with Gasteiger partial charge in [-0.3, -0.25) is 9.79 Å². The summed E-state index contributed by atoms with van der Waals surface area (Å²) in [6.07, 6.45) is -3.42. The first-order valence-electron chi connectivity index (χ1n) is 9.53. The molecule has 1 heterocycles. The summed E-state index contributed by atoms with van der Waals surface area (Å²) in [6.45, 7) is 0. The molecule has 0 amide bonds. The first-order chi connectivity index (χ1) is 15.3. The molecule has 3 aromatic carbocycles. The zero-order valence-electron chi connectivity index (χ0n) is 16.8. The van der Waals surface area contributed by atoms with E-state index < -0.39 is 28.9 Å². The van der Waals surface area contributed by atoms with Gasteiger partial charge in [0, 0.05) is 17.0 Å². The lowest BCUT2D eigenvalue weighted by Gasteiger charge is -2.18. The summed E-state index contributed by atoms with van der Waals surface area (Å²) in [6, 6.07) is 17.8. The van der Waals surface area contributed by atoms with E-state index in [9.17, 15) is 23.1 Å². The van der Waals surface area contributed by atoms with Gasteiger partial charge in [-0.05, 0) is 30.3 Å². The van der Waals surface area contributed by atoms with Gasteiger partial charge in [0.2, 0.25) is 5.88 Å². The van der Waals surface area contributed by atoms with E-state index in [0.717, 1.165) is 12.1 Å². The van der Waals surface area contributed by atoms with Gasteiger partial charge >= 0.3 is 6.18 Å². The van der Waals surface area contributed by atoms with E-state index in [2.05, 4.69) is 4.99 Å². The van der Waals surface area contributed by atoms with Crippen molar-refractivity contribution in [3.8, 4) is 17.3 Å². The van der Waals surface area contributed by atoms with Crippen LogP contribution in [-0.4, -0.2) is 23.0 Å². The molecule has 0 saturated heterocycles. The molecule has 0 aliphatic heterocycles. The molecule has 32 heavy (non-hydrogen) atoms. The highest BCUT2D eigenvalue weighted by atomic mass is 19.4. The largest absolute Gasteiger partial charge is 0.494 e. The number of para-hydroxylation sites is 3. The molecule has 0 aliphatic carbocycles. The predicted octanol–water partition coefficient (Wildman–Crippen LogP) is 5.47. The van der Waals surface area contributed by atoms with Gasteiger partial charge in [0.05, 0.1) is 23.9 Å². The number of pyridine rings is 1. The molecule has 1 aromatic heterocycles. The average Bonchev–Trinajstić information content (AvgIpc) is 2.79. The van der Waals surface area contributed by atoms with Gasteiger partial charge in [0.1, 0.15) is 11.4 Å². The molecule has 0 fully saturated rings. The van der Waals surface area contributed by atoms with E-state index in [-0.39, 0.29) is 10.9 Å². The van der Waals surface area contributed by atoms with Gasteiger partial charge in [0.15, 0.2) is 0 Å². The number of benzene rings is 3. The number of fused-ring (bicyclic) bond motifs is 1. The normalized spacial score (nSPS) is 11.9. The van der Waals surface area contributed by atoms with Crippen LogP contribution in [0, 0.1) is 0 Å². The lowest BCUT2D eigenvalue weighted by molar-refractivity contribution is -0.137. The summed E-state index contributed by atoms with van der Waals surface area (Å²) in [5, 5.41) is 11.5. The number of hydrogen-bond donors (Lipinski definition) is 1. The SMILES string of the molecule is COc1ccccc1N=Cc1c(O)n(-c2ccccc2C(F)(F)F)c(=O)c2ccccc12. The van der Waals surface area contributed by atoms with Crippen LogP contribution in [0.4, 0.5) is 18.9 Å². The molecule has 4 rings (SSSR count). The Hall–Kier alpha value is -4.07. The highest BCUT2D eigenvalue weighted by molar-refractivity contribution is 6.02. The molecular formula is C24H17F3N2O3. The quantitative estimate of drug-likeness (QED) is 0.430. The van der Waals surface area contributed by atoms with Crippen molar-refractivity contribution in [3.63, 3.8) is 0 Å². The van der Waals surface area contributed by atoms with Crippen molar-refractivity contribution in [2.75, 3.05) is 7.11 Å². The summed E-state index contributed by atoms with van der Waals surface area (Å²) in [5.41, 5.74) is -1.74. The summed E-state index contributed by atoms with van der Waals surface area (Å²) >= 11 is 0. The minimum Gasteiger partial charge on any atom is -0.494 e. The van der Waals surface area contributed by atoms with Crippen molar-refractivity contribution >= 4 is 22.7 Å². The molecule has 8 heteroatoms. The molecule has 0 atom stereocenters. The van der Waals surface area contributed by atoms with Gasteiger partial charge in [0.25, 0.3) is 5.56 Å². The van der Waals surface area contributed by atoms with E-state index in [4.69, 9.17) is 4.74 Å². The van der Waals surface area contributed by atoms with Crippen molar-refractivity contribution in [2.45, 2.75) is 6.18 Å². The minimum atomic E-state index is -4.72. The van der Waals surface area contributed by atoms with E-state index in [1.54, 1.807) is 42.5 Å². The highest BCUT2D eigenvalue weighted by Crippen LogP contribution is 2.36. The second-order valence-corrected chi connectivity index (χ2v) is 6.87. The molecule has 0 saturated carbocycles. The van der Waals surface area contributed by atoms with Crippen molar-refractivity contribution in [2.24, 2.45) is 4.99 Å². The fourth-order valence-corrected chi connectivity index (χ4v) is 3.49. The number of methoxy groups -OCH3 is 1. The Balaban J connectivity index is 2.03. The molecular weight excluding hydrogens is 421 g/mol. The van der Waals surface area contributed by atoms with Crippen LogP contribution in [0.3, 0.4) is 0 Å². The number of halogens is 3. The van der Waals surface area contributed by atoms with Crippen LogP contribution in [0.15, 0.2) is 82.6 Å². The second-order valence-electron chi connectivity index (χ2n) is 6.87. The van der Waals surface area contributed by atoms with Gasteiger partial charge in [-0.15, -0.1) is 0 Å². The van der Waals surface area contributed by atoms with Crippen LogP contribution in [-0.2, 0) is 6.18 Å². The average molecular weight is 438 g/mol. The van der Waals surface area contributed by atoms with Gasteiger partial charge in [-0.1, -0.05) is 42.5 Å². The lowest BCUT2D eigenvalue weighted by Crippen LogP contribution is -2.23. The molecule has 0 aliphatic rings. The minimum absolute atomic E-state index is 0.100. The van der Waals surface area contributed by atoms with Crippen molar-refractivity contribution in [1.82, 2.24) is 4.57 Å². The topological polar surface area (TPSA) is 63.8 Å². The molecule has 0 spiro atoms. The van der Waals surface area contributed by atoms with E-state index in [0.29, 0.717) is 21.4 Å². The number of hydrogen-bond acceptors (Lipinski definition) is 4. The van der Waals surface area contributed by atoms with Gasteiger partial charge < -0.3 is 9.84 Å². The molecule has 4 aromatic rings. The fraction of sp³-hybridized carbons (Fsp3) is 0.0833. The third kappa shape index (κ3) is 3.71. The molecule has 5 nitrogen and oxygen atoms in total. The molecule has 162 valence electrons. The third-order valence-electron chi connectivity index (χ3n) is 4.97. The van der Waals surface area contributed by atoms with E-state index in [1.165, 1.54) is 31.5 Å². The summed E-state index contributed by atoms with van der Waals surface area (Å²) in [4.78, 5) is 17.5. The van der Waals surface area contributed by atoms with Crippen molar-refractivity contribution in [1.29, 1.82) is 0 Å². The van der Waals surface area contributed by atoms with Crippen LogP contribution in [0.2, 0.25) is 0 Å².